The van der Waals surface area contributed by atoms with Gasteiger partial charge in [-0.15, -0.1) is 0 Å². The van der Waals surface area contributed by atoms with E-state index >= 15 is 0 Å². The van der Waals surface area contributed by atoms with Gasteiger partial charge in [0.1, 0.15) is 0 Å². The topological polar surface area (TPSA) is 133 Å². The maximum atomic E-state index is 9.69. The van der Waals surface area contributed by atoms with Gasteiger partial charge in [-0.1, -0.05) is 12.1 Å². The molecule has 4 aliphatic rings. The van der Waals surface area contributed by atoms with E-state index in [1.165, 1.54) is 34.4 Å². The second-order valence-electron chi connectivity index (χ2n) is 12.1. The normalized spacial score (nSPS) is 19.1. The van der Waals surface area contributed by atoms with Crippen LogP contribution < -0.4 is 24.3 Å². The lowest BCUT2D eigenvalue weighted by molar-refractivity contribution is 0.157. The second-order valence-corrected chi connectivity index (χ2v) is 12.1. The molecule has 2 unspecified atom stereocenters. The van der Waals surface area contributed by atoms with E-state index in [1.54, 1.807) is 32.4 Å². The van der Waals surface area contributed by atoms with Crippen molar-refractivity contribution in [3.8, 4) is 46.0 Å². The molecule has 10 heteroatoms. The molecule has 0 saturated carbocycles. The van der Waals surface area contributed by atoms with Crippen molar-refractivity contribution in [2.75, 3.05) is 34.1 Å². The summed E-state index contributed by atoms with van der Waals surface area (Å²) in [5.74, 6) is 2.92. The molecule has 2 atom stereocenters. The molecule has 46 heavy (non-hydrogen) atoms. The minimum absolute atomic E-state index is 0.0100. The molecule has 0 radical (unpaired) electrons. The molecule has 4 heterocycles. The Hall–Kier alpha value is -4.80. The van der Waals surface area contributed by atoms with Crippen molar-refractivity contribution in [1.29, 1.82) is 0 Å². The summed E-state index contributed by atoms with van der Waals surface area (Å²) in [6.07, 6.45) is 3.41. The van der Waals surface area contributed by atoms with Crippen LogP contribution >= 0.6 is 0 Å². The lowest BCUT2D eigenvalue weighted by atomic mass is 9.83. The Labute approximate surface area is 267 Å². The van der Waals surface area contributed by atoms with E-state index < -0.39 is 0 Å². The number of hydrogen-bond donors (Lipinski definition) is 5. The third kappa shape index (κ3) is 5.48. The third-order valence-corrected chi connectivity index (χ3v) is 9.50. The van der Waals surface area contributed by atoms with Crippen LogP contribution in [-0.4, -0.2) is 59.4 Å². The number of ether oxygens (including phenoxy) is 4. The van der Waals surface area contributed by atoms with Crippen LogP contribution in [0.5, 0.6) is 46.0 Å². The van der Waals surface area contributed by atoms with Gasteiger partial charge in [0.05, 0.1) is 14.2 Å². The largest absolute Gasteiger partial charge is 0.504 e. The van der Waals surface area contributed by atoms with Crippen molar-refractivity contribution in [2.24, 2.45) is 0 Å². The molecule has 0 bridgehead atoms. The Morgan fingerprint density at radius 1 is 0.783 bits per heavy atom. The monoisotopic (exact) mass is 626 g/mol. The summed E-state index contributed by atoms with van der Waals surface area (Å²) < 4.78 is 22.3. The molecular formula is C36H38N2O8. The molecular weight excluding hydrogens is 588 g/mol. The van der Waals surface area contributed by atoms with Crippen molar-refractivity contribution in [1.82, 2.24) is 10.2 Å². The lowest BCUT2D eigenvalue weighted by Gasteiger charge is -2.42. The molecule has 8 rings (SSSR count). The zero-order valence-corrected chi connectivity index (χ0v) is 25.9. The minimum Gasteiger partial charge on any atom is -0.504 e. The first kappa shape index (κ1) is 29.9. The second kappa shape index (κ2) is 12.2. The predicted molar refractivity (Wildman–Crippen MR) is 170 cm³/mol. The van der Waals surface area contributed by atoms with E-state index in [0.717, 1.165) is 78.6 Å². The van der Waals surface area contributed by atoms with E-state index in [-0.39, 0.29) is 29.0 Å². The highest BCUT2D eigenvalue weighted by molar-refractivity contribution is 5.55. The lowest BCUT2D eigenvalue weighted by Crippen LogP contribution is -2.39. The van der Waals surface area contributed by atoms with Gasteiger partial charge in [0.25, 0.3) is 0 Å². The van der Waals surface area contributed by atoms with Crippen molar-refractivity contribution in [2.45, 2.75) is 44.3 Å². The van der Waals surface area contributed by atoms with E-state index in [4.69, 9.17) is 18.9 Å². The van der Waals surface area contributed by atoms with Gasteiger partial charge in [0, 0.05) is 30.7 Å². The minimum atomic E-state index is -0.142. The summed E-state index contributed by atoms with van der Waals surface area (Å²) in [4.78, 5) is 2.54. The number of benzene rings is 4. The highest BCUT2D eigenvalue weighted by Gasteiger charge is 2.35. The molecule has 0 amide bonds. The number of phenols is 4. The summed E-state index contributed by atoms with van der Waals surface area (Å²) in [5.41, 5.74) is 8.18. The summed E-state index contributed by atoms with van der Waals surface area (Å²) >= 11 is 0. The van der Waals surface area contributed by atoms with Gasteiger partial charge in [-0.2, -0.15) is 0 Å². The fourth-order valence-corrected chi connectivity index (χ4v) is 7.16. The maximum absolute atomic E-state index is 9.69. The molecule has 0 saturated heterocycles. The number of nitrogens with zero attached hydrogens (tertiary/aromatic N) is 1. The Balaban J connectivity index is 0.000000150. The van der Waals surface area contributed by atoms with Gasteiger partial charge in [-0.25, -0.2) is 0 Å². The summed E-state index contributed by atoms with van der Waals surface area (Å²) in [6, 6.07) is 16.8. The fourth-order valence-electron chi connectivity index (χ4n) is 7.16. The number of rotatable bonds is 4. The average molecular weight is 627 g/mol. The molecule has 0 fully saturated rings. The Bertz CT molecular complexity index is 1790. The molecule has 0 aliphatic carbocycles. The standard InChI is InChI=1S/C20H21NO4.C16H17NO4/c1-22-17-4-3-12-7-16-14-9-19-18(24-11-25-19)8-13(14)5-6-21(16)10-15(12)20(17)23-2;18-13-2-1-9(6-14(13)19)5-12-11-8-16(21)15(20)7-10(11)3-4-17-12/h3-4,8-9,16H,5-7,10-11H2,1-2H3;1-2,6-8,12,17-21H,3-5H2. The number of phenolic OH excluding ortho intramolecular Hbond substituents is 4. The van der Waals surface area contributed by atoms with Crippen LogP contribution in [0.25, 0.3) is 0 Å². The molecule has 5 N–H and O–H groups in total. The molecule has 0 spiro atoms. The van der Waals surface area contributed by atoms with Crippen LogP contribution in [0, 0.1) is 0 Å². The van der Waals surface area contributed by atoms with Crippen LogP contribution in [0.1, 0.15) is 51.0 Å². The molecule has 10 nitrogen and oxygen atoms in total. The first-order chi connectivity index (χ1) is 22.3. The summed E-state index contributed by atoms with van der Waals surface area (Å²) in [6.45, 7) is 3.03. The van der Waals surface area contributed by atoms with E-state index in [2.05, 4.69) is 28.4 Å². The molecule has 4 aromatic carbocycles. The highest BCUT2D eigenvalue weighted by Crippen LogP contribution is 2.46. The third-order valence-electron chi connectivity index (χ3n) is 9.50. The van der Waals surface area contributed by atoms with Crippen LogP contribution in [0.2, 0.25) is 0 Å². The highest BCUT2D eigenvalue weighted by atomic mass is 16.7. The Kier molecular flexibility index (Phi) is 7.92. The number of nitrogens with one attached hydrogen (secondary N) is 1. The number of aromatic hydroxyl groups is 4. The molecule has 240 valence electrons. The van der Waals surface area contributed by atoms with E-state index in [9.17, 15) is 20.4 Å². The van der Waals surface area contributed by atoms with Crippen LogP contribution in [0.4, 0.5) is 0 Å². The van der Waals surface area contributed by atoms with Crippen LogP contribution in [0.15, 0.2) is 54.6 Å². The van der Waals surface area contributed by atoms with Gasteiger partial charge < -0.3 is 44.7 Å². The first-order valence-electron chi connectivity index (χ1n) is 15.5. The van der Waals surface area contributed by atoms with Gasteiger partial charge in [0.15, 0.2) is 46.0 Å². The van der Waals surface area contributed by atoms with Crippen LogP contribution in [-0.2, 0) is 32.2 Å². The average Bonchev–Trinajstić information content (AvgIpc) is 3.53. The van der Waals surface area contributed by atoms with Crippen molar-refractivity contribution >= 4 is 0 Å². The smallest absolute Gasteiger partial charge is 0.231 e. The quantitative estimate of drug-likeness (QED) is 0.197. The van der Waals surface area contributed by atoms with Gasteiger partial charge in [-0.3, -0.25) is 4.90 Å². The van der Waals surface area contributed by atoms with Crippen molar-refractivity contribution in [3.63, 3.8) is 0 Å². The Morgan fingerprint density at radius 2 is 1.54 bits per heavy atom. The van der Waals surface area contributed by atoms with Gasteiger partial charge >= 0.3 is 0 Å². The van der Waals surface area contributed by atoms with Gasteiger partial charge in [0.2, 0.25) is 6.79 Å². The van der Waals surface area contributed by atoms with Crippen molar-refractivity contribution in [3.05, 3.63) is 93.5 Å². The molecule has 4 aliphatic heterocycles. The fraction of sp³-hybridized carbons (Fsp3) is 0.333. The zero-order chi connectivity index (χ0) is 31.9. The van der Waals surface area contributed by atoms with Crippen molar-refractivity contribution < 1.29 is 39.4 Å². The first-order valence-corrected chi connectivity index (χ1v) is 15.5. The Morgan fingerprint density at radius 3 is 2.33 bits per heavy atom. The molecule has 4 aromatic rings. The molecule has 0 aromatic heterocycles. The maximum Gasteiger partial charge on any atom is 0.231 e. The van der Waals surface area contributed by atoms with E-state index in [1.807, 2.05) is 6.07 Å². The zero-order valence-electron chi connectivity index (χ0n) is 25.9. The van der Waals surface area contributed by atoms with Gasteiger partial charge in [-0.05, 0) is 108 Å². The number of hydrogen-bond acceptors (Lipinski definition) is 10. The predicted octanol–water partition coefficient (Wildman–Crippen LogP) is 5.03. The summed E-state index contributed by atoms with van der Waals surface area (Å²) in [7, 11) is 3.41. The number of fused-ring (bicyclic) bond motifs is 6. The summed E-state index contributed by atoms with van der Waals surface area (Å²) in [5, 5.41) is 41.6. The van der Waals surface area contributed by atoms with Crippen LogP contribution in [0.3, 0.4) is 0 Å². The number of methoxy groups -OCH3 is 2. The SMILES string of the molecule is COc1ccc2c(c1OC)CN1CCc3cc4c(cc3C1C2)OCO4.Oc1ccc(CC2NCCc3cc(O)c(O)cc32)cc1O. The van der Waals surface area contributed by atoms with E-state index in [0.29, 0.717) is 19.3 Å².